The molecule has 0 amide bonds. The smallest absolute Gasteiger partial charge is 0.150 e. The van der Waals surface area contributed by atoms with Crippen LogP contribution in [0, 0.1) is 6.92 Å². The van der Waals surface area contributed by atoms with E-state index in [0.717, 1.165) is 47.8 Å². The Balaban J connectivity index is 1.53. The van der Waals surface area contributed by atoms with Crippen LogP contribution in [0.1, 0.15) is 12.6 Å². The van der Waals surface area contributed by atoms with Crippen LogP contribution in [0.3, 0.4) is 0 Å². The molecular formula is C32H34ClN7O. The Labute approximate surface area is 245 Å². The van der Waals surface area contributed by atoms with Crippen LogP contribution in [-0.4, -0.2) is 52.4 Å². The molecule has 4 aromatic rings. The number of nitrogens with one attached hydrogen (secondary N) is 1. The first-order valence-electron chi connectivity index (χ1n) is 13.4. The Morgan fingerprint density at radius 2 is 1.88 bits per heavy atom. The van der Waals surface area contributed by atoms with Crippen LogP contribution in [0.4, 0.5) is 5.82 Å². The van der Waals surface area contributed by atoms with Crippen molar-refractivity contribution in [2.45, 2.75) is 19.9 Å². The minimum absolute atomic E-state index is 0.127. The van der Waals surface area contributed by atoms with Gasteiger partial charge in [-0.05, 0) is 44.2 Å². The fourth-order valence-corrected chi connectivity index (χ4v) is 5.28. The molecular weight excluding hydrogens is 534 g/mol. The fraction of sp³-hybridized carbons (Fsp3) is 0.219. The molecule has 0 radical (unpaired) electrons. The number of halogens is 1. The van der Waals surface area contributed by atoms with Gasteiger partial charge in [0.05, 0.1) is 22.6 Å². The van der Waals surface area contributed by atoms with Crippen molar-refractivity contribution in [2.24, 2.45) is 10.7 Å². The number of anilines is 1. The van der Waals surface area contributed by atoms with E-state index in [1.54, 1.807) is 12.4 Å². The van der Waals surface area contributed by atoms with Crippen LogP contribution in [0.5, 0.6) is 5.75 Å². The van der Waals surface area contributed by atoms with E-state index in [-0.39, 0.29) is 11.8 Å². The highest BCUT2D eigenvalue weighted by molar-refractivity contribution is 6.36. The first-order valence-corrected chi connectivity index (χ1v) is 13.8. The van der Waals surface area contributed by atoms with Crippen molar-refractivity contribution < 1.29 is 5.11 Å². The van der Waals surface area contributed by atoms with Gasteiger partial charge in [0.15, 0.2) is 0 Å². The van der Waals surface area contributed by atoms with Crippen LogP contribution in [0.25, 0.3) is 39.7 Å². The first kappa shape index (κ1) is 28.3. The van der Waals surface area contributed by atoms with Gasteiger partial charge in [0.25, 0.3) is 0 Å². The highest BCUT2D eigenvalue weighted by Gasteiger charge is 2.26. The van der Waals surface area contributed by atoms with Gasteiger partial charge in [0.1, 0.15) is 17.1 Å². The molecule has 9 heteroatoms. The number of hydrogen-bond acceptors (Lipinski definition) is 7. The van der Waals surface area contributed by atoms with Gasteiger partial charge in [0, 0.05) is 66.5 Å². The Hall–Kier alpha value is -4.24. The second-order valence-corrected chi connectivity index (χ2v) is 10.6. The molecule has 0 unspecified atom stereocenters. The summed E-state index contributed by atoms with van der Waals surface area (Å²) in [5, 5.41) is 15.1. The summed E-state index contributed by atoms with van der Waals surface area (Å²) in [5.41, 5.74) is 12.8. The zero-order chi connectivity index (χ0) is 29.1. The summed E-state index contributed by atoms with van der Waals surface area (Å²) < 4.78 is 1.83. The molecule has 3 heterocycles. The van der Waals surface area contributed by atoms with E-state index in [2.05, 4.69) is 26.8 Å². The quantitative estimate of drug-likeness (QED) is 0.270. The maximum Gasteiger partial charge on any atom is 0.150 e. The largest absolute Gasteiger partial charge is 0.507 e. The minimum atomic E-state index is 0.127. The van der Waals surface area contributed by atoms with Crippen molar-refractivity contribution in [2.75, 3.05) is 31.6 Å². The molecule has 41 heavy (non-hydrogen) atoms. The summed E-state index contributed by atoms with van der Waals surface area (Å²) in [4.78, 5) is 16.2. The molecule has 5 rings (SSSR count). The van der Waals surface area contributed by atoms with Crippen molar-refractivity contribution >= 4 is 23.6 Å². The molecule has 2 aromatic carbocycles. The predicted octanol–water partition coefficient (Wildman–Crippen LogP) is 5.22. The number of pyridine rings is 1. The molecule has 1 aliphatic rings. The average molecular weight is 568 g/mol. The number of nitrogens with two attached hydrogens (primary N) is 1. The van der Waals surface area contributed by atoms with E-state index >= 15 is 0 Å². The lowest BCUT2D eigenvalue weighted by atomic mass is 9.96. The summed E-state index contributed by atoms with van der Waals surface area (Å²) >= 11 is 6.97. The van der Waals surface area contributed by atoms with Gasteiger partial charge in [-0.15, -0.1) is 0 Å². The van der Waals surface area contributed by atoms with Crippen LogP contribution >= 0.6 is 11.6 Å². The lowest BCUT2D eigenvalue weighted by Gasteiger charge is -2.38. The summed E-state index contributed by atoms with van der Waals surface area (Å²) in [5.74, 6) is 0.968. The van der Waals surface area contributed by atoms with Gasteiger partial charge in [0.2, 0.25) is 0 Å². The van der Waals surface area contributed by atoms with Gasteiger partial charge < -0.3 is 25.6 Å². The molecule has 1 fully saturated rings. The van der Waals surface area contributed by atoms with Crippen LogP contribution in [-0.2, 0) is 0 Å². The van der Waals surface area contributed by atoms with Crippen molar-refractivity contribution in [1.29, 1.82) is 0 Å². The summed E-state index contributed by atoms with van der Waals surface area (Å²) in [6.45, 7) is 10.1. The molecule has 0 saturated carbocycles. The molecule has 4 N–H and O–H groups in total. The monoisotopic (exact) mass is 567 g/mol. The third-order valence-electron chi connectivity index (χ3n) is 7.08. The second-order valence-electron chi connectivity index (χ2n) is 10.2. The number of likely N-dealkylation sites (N-methyl/N-ethyl adjacent to an activating group) is 1. The highest BCUT2D eigenvalue weighted by atomic mass is 35.5. The Bertz CT molecular complexity index is 1700. The molecule has 1 aliphatic heterocycles. The summed E-state index contributed by atoms with van der Waals surface area (Å²) in [6.07, 6.45) is 7.14. The summed E-state index contributed by atoms with van der Waals surface area (Å²) in [6, 6.07) is 15.4. The van der Waals surface area contributed by atoms with Gasteiger partial charge in [-0.3, -0.25) is 0 Å². The Kier molecular flexibility index (Phi) is 8.35. The number of nitrogens with zero attached hydrogens (tertiary/aromatic N) is 5. The number of benzene rings is 2. The first-order chi connectivity index (χ1) is 19.8. The molecule has 8 nitrogen and oxygen atoms in total. The SMILES string of the molecule is C=Cn1ccc(-c2cccc(-c3cccc(-c4cnc(N5CC(N)C5)c(C)n4)c3Cl)c2O)cc1=N/C=C(\C)CNC. The zero-order valence-electron chi connectivity index (χ0n) is 23.5. The maximum atomic E-state index is 11.5. The lowest BCUT2D eigenvalue weighted by molar-refractivity contribution is 0.479. The average Bonchev–Trinajstić information content (AvgIpc) is 2.95. The van der Waals surface area contributed by atoms with E-state index in [4.69, 9.17) is 22.3 Å². The van der Waals surface area contributed by atoms with E-state index in [0.29, 0.717) is 32.9 Å². The molecule has 0 spiro atoms. The van der Waals surface area contributed by atoms with Gasteiger partial charge in [-0.25, -0.2) is 15.0 Å². The van der Waals surface area contributed by atoms with Crippen molar-refractivity contribution in [3.63, 3.8) is 0 Å². The maximum absolute atomic E-state index is 11.5. The second kappa shape index (κ2) is 12.1. The number of aryl methyl sites for hydroxylation is 1. The van der Waals surface area contributed by atoms with Crippen LogP contribution in [0.15, 0.2) is 84.3 Å². The van der Waals surface area contributed by atoms with E-state index in [1.807, 2.05) is 86.4 Å². The number of hydrogen-bond donors (Lipinski definition) is 3. The van der Waals surface area contributed by atoms with E-state index < -0.39 is 0 Å². The summed E-state index contributed by atoms with van der Waals surface area (Å²) in [7, 11) is 1.90. The van der Waals surface area contributed by atoms with Gasteiger partial charge in [-0.2, -0.15) is 0 Å². The number of rotatable bonds is 8. The molecule has 0 aliphatic carbocycles. The number of phenols is 1. The van der Waals surface area contributed by atoms with E-state index in [1.165, 1.54) is 0 Å². The third-order valence-corrected chi connectivity index (χ3v) is 7.48. The Morgan fingerprint density at radius 1 is 1.17 bits per heavy atom. The number of para-hydroxylation sites is 1. The molecule has 0 bridgehead atoms. The topological polar surface area (TPSA) is 105 Å². The normalized spacial score (nSPS) is 14.3. The molecule has 0 atom stereocenters. The predicted molar refractivity (Wildman–Crippen MR) is 168 cm³/mol. The lowest BCUT2D eigenvalue weighted by Crippen LogP contribution is -2.56. The van der Waals surface area contributed by atoms with Crippen LogP contribution in [0.2, 0.25) is 5.02 Å². The third kappa shape index (κ3) is 5.81. The number of aromatic hydroxyl groups is 1. The Morgan fingerprint density at radius 3 is 2.56 bits per heavy atom. The van der Waals surface area contributed by atoms with Gasteiger partial charge >= 0.3 is 0 Å². The molecule has 1 saturated heterocycles. The van der Waals surface area contributed by atoms with Crippen LogP contribution < -0.4 is 21.4 Å². The van der Waals surface area contributed by atoms with Crippen molar-refractivity contribution in [3.05, 3.63) is 95.5 Å². The zero-order valence-corrected chi connectivity index (χ0v) is 24.2. The van der Waals surface area contributed by atoms with Crippen molar-refractivity contribution in [1.82, 2.24) is 19.9 Å². The van der Waals surface area contributed by atoms with E-state index in [9.17, 15) is 5.11 Å². The molecule has 210 valence electrons. The fourth-order valence-electron chi connectivity index (χ4n) is 4.96. The van der Waals surface area contributed by atoms with Crippen molar-refractivity contribution in [3.8, 4) is 39.3 Å². The highest BCUT2D eigenvalue weighted by Crippen LogP contribution is 2.43. The standard InChI is InChI=1S/C32H34ClN7O/c1-5-39-13-12-22(14-29(39)36-16-20(2)15-35-4)24-8-6-10-26(31(24)41)25-9-7-11-27(30(25)33)28-17-37-32(21(3)38-28)40-18-23(34)19-40/h5-14,16-17,23,35,41H,1,15,18-19,34H2,2-4H3/b20-16+,36-29?. The minimum Gasteiger partial charge on any atom is -0.507 e. The van der Waals surface area contributed by atoms with Gasteiger partial charge in [-0.1, -0.05) is 54.6 Å². The number of phenolic OH excluding ortho intramolecular Hbond substituents is 1. The molecule has 2 aromatic heterocycles. The number of aromatic nitrogens is 3.